The average Bonchev–Trinajstić information content (AvgIpc) is 2.71. The van der Waals surface area contributed by atoms with Gasteiger partial charge in [0.05, 0.1) is 6.61 Å². The fourth-order valence-corrected chi connectivity index (χ4v) is 3.72. The van der Waals surface area contributed by atoms with Gasteiger partial charge in [0.15, 0.2) is 5.96 Å². The van der Waals surface area contributed by atoms with Crippen LogP contribution in [0, 0.1) is 0 Å². The Hall–Kier alpha value is -2.28. The first-order chi connectivity index (χ1) is 13.2. The summed E-state index contributed by atoms with van der Waals surface area (Å²) in [6.45, 7) is 9.13. The summed E-state index contributed by atoms with van der Waals surface area (Å²) in [4.78, 5) is 22.7. The lowest BCUT2D eigenvalue weighted by Crippen LogP contribution is -2.54. The average molecular weight is 374 g/mol. The van der Waals surface area contributed by atoms with Crippen molar-refractivity contribution in [3.8, 4) is 0 Å². The number of ether oxygens (including phenoxy) is 1. The Bertz CT molecular complexity index is 656. The van der Waals surface area contributed by atoms with Gasteiger partial charge >= 0.3 is 6.09 Å². The topological polar surface area (TPSA) is 60.4 Å². The third-order valence-electron chi connectivity index (χ3n) is 5.24. The third kappa shape index (κ3) is 5.13. The summed E-state index contributed by atoms with van der Waals surface area (Å²) >= 11 is 0. The van der Waals surface area contributed by atoms with Gasteiger partial charge in [-0.3, -0.25) is 9.89 Å². The predicted molar refractivity (Wildman–Crippen MR) is 107 cm³/mol. The fourth-order valence-electron chi connectivity index (χ4n) is 3.72. The molecule has 27 heavy (non-hydrogen) atoms. The molecule has 1 N–H and O–H groups in total. The van der Waals surface area contributed by atoms with Crippen LogP contribution in [0.15, 0.2) is 29.3 Å². The molecule has 1 amide bonds. The predicted octanol–water partition coefficient (Wildman–Crippen LogP) is 1.39. The second kappa shape index (κ2) is 9.60. The van der Waals surface area contributed by atoms with Crippen LogP contribution in [0.2, 0.25) is 0 Å². The largest absolute Gasteiger partial charge is 0.450 e. The lowest BCUT2D eigenvalue weighted by atomic mass is 10.00. The Morgan fingerprint density at radius 2 is 1.81 bits per heavy atom. The molecule has 0 bridgehead atoms. The maximum Gasteiger partial charge on any atom is 0.409 e. The van der Waals surface area contributed by atoms with Crippen LogP contribution >= 0.6 is 0 Å². The number of aliphatic imine (C=N–C) groups is 1. The first-order valence-electron chi connectivity index (χ1n) is 9.87. The zero-order chi connectivity index (χ0) is 19.1. The van der Waals surface area contributed by atoms with Crippen molar-refractivity contribution in [2.45, 2.75) is 19.9 Å². The number of benzene rings is 1. The monoisotopic (exact) mass is 373 g/mol. The summed E-state index contributed by atoms with van der Waals surface area (Å²) in [6.07, 6.45) is 0.909. The molecule has 1 fully saturated rings. The van der Waals surface area contributed by atoms with E-state index in [2.05, 4.69) is 44.4 Å². The van der Waals surface area contributed by atoms with Crippen molar-refractivity contribution in [3.63, 3.8) is 0 Å². The summed E-state index contributed by atoms with van der Waals surface area (Å²) in [5, 5.41) is 3.48. The second-order valence-electron chi connectivity index (χ2n) is 6.94. The number of hydrogen-bond acceptors (Lipinski definition) is 4. The van der Waals surface area contributed by atoms with Crippen LogP contribution in [0.5, 0.6) is 0 Å². The van der Waals surface area contributed by atoms with Crippen LogP contribution in [0.25, 0.3) is 0 Å². The first kappa shape index (κ1) is 19.5. The van der Waals surface area contributed by atoms with Crippen molar-refractivity contribution < 1.29 is 9.53 Å². The Morgan fingerprint density at radius 1 is 1.11 bits per heavy atom. The molecule has 1 aromatic rings. The van der Waals surface area contributed by atoms with Gasteiger partial charge < -0.3 is 19.9 Å². The molecule has 0 spiro atoms. The normalized spacial score (nSPS) is 18.2. The molecule has 0 radical (unpaired) electrons. The SMILES string of the molecule is CCOC(=O)N1CCN(C(=NC)NCCN2CCc3ccccc3C2)CC1. The molecule has 2 heterocycles. The van der Waals surface area contributed by atoms with Crippen LogP contribution in [0.1, 0.15) is 18.1 Å². The Labute approximate surface area is 162 Å². The maximum atomic E-state index is 11.8. The summed E-state index contributed by atoms with van der Waals surface area (Å²) in [6, 6.07) is 8.72. The lowest BCUT2D eigenvalue weighted by molar-refractivity contribution is 0.0914. The van der Waals surface area contributed by atoms with Gasteiger partial charge in [-0.2, -0.15) is 0 Å². The minimum atomic E-state index is -0.217. The number of piperazine rings is 1. The number of amides is 1. The number of carbonyl (C=O) groups is 1. The number of guanidine groups is 1. The van der Waals surface area contributed by atoms with E-state index in [1.54, 1.807) is 4.90 Å². The van der Waals surface area contributed by atoms with Crippen molar-refractivity contribution in [2.75, 3.05) is 59.5 Å². The van der Waals surface area contributed by atoms with E-state index in [1.165, 1.54) is 11.1 Å². The van der Waals surface area contributed by atoms with Gasteiger partial charge in [0.1, 0.15) is 0 Å². The molecule has 0 aromatic heterocycles. The Kier molecular flexibility index (Phi) is 6.92. The molecule has 7 nitrogen and oxygen atoms in total. The van der Waals surface area contributed by atoms with Crippen LogP contribution < -0.4 is 5.32 Å². The molecule has 0 unspecified atom stereocenters. The van der Waals surface area contributed by atoms with Crippen molar-refractivity contribution in [3.05, 3.63) is 35.4 Å². The summed E-state index contributed by atoms with van der Waals surface area (Å²) in [7, 11) is 1.82. The first-order valence-corrected chi connectivity index (χ1v) is 9.87. The lowest BCUT2D eigenvalue weighted by Gasteiger charge is -2.36. The molecular formula is C20H31N5O2. The molecule has 1 saturated heterocycles. The van der Waals surface area contributed by atoms with Crippen molar-refractivity contribution in [1.82, 2.24) is 20.0 Å². The standard InChI is InChI=1S/C20H31N5O2/c1-3-27-20(26)25-14-12-24(13-15-25)19(21-2)22-9-11-23-10-8-17-6-4-5-7-18(17)16-23/h4-7H,3,8-16H2,1-2H3,(H,21,22). The highest BCUT2D eigenvalue weighted by Gasteiger charge is 2.23. The summed E-state index contributed by atoms with van der Waals surface area (Å²) in [5.41, 5.74) is 2.93. The van der Waals surface area contributed by atoms with Gasteiger partial charge in [-0.1, -0.05) is 24.3 Å². The molecule has 2 aliphatic heterocycles. The number of rotatable bonds is 4. The second-order valence-corrected chi connectivity index (χ2v) is 6.94. The maximum absolute atomic E-state index is 11.8. The smallest absolute Gasteiger partial charge is 0.409 e. The minimum Gasteiger partial charge on any atom is -0.450 e. The summed E-state index contributed by atoms with van der Waals surface area (Å²) < 4.78 is 5.08. The minimum absolute atomic E-state index is 0.217. The number of hydrogen-bond donors (Lipinski definition) is 1. The number of nitrogens with one attached hydrogen (secondary N) is 1. The molecule has 1 aromatic carbocycles. The Balaban J connectivity index is 1.41. The molecule has 3 rings (SSSR count). The highest BCUT2D eigenvalue weighted by Crippen LogP contribution is 2.17. The quantitative estimate of drug-likeness (QED) is 0.639. The molecule has 0 saturated carbocycles. The molecule has 0 atom stereocenters. The van der Waals surface area contributed by atoms with E-state index in [4.69, 9.17) is 4.74 Å². The van der Waals surface area contributed by atoms with Gasteiger partial charge in [-0.15, -0.1) is 0 Å². The van der Waals surface area contributed by atoms with E-state index >= 15 is 0 Å². The van der Waals surface area contributed by atoms with Gasteiger partial charge in [-0.25, -0.2) is 4.79 Å². The van der Waals surface area contributed by atoms with Crippen molar-refractivity contribution in [1.29, 1.82) is 0 Å². The molecule has 0 aliphatic carbocycles. The van der Waals surface area contributed by atoms with Crippen LogP contribution in [0.4, 0.5) is 4.79 Å². The van der Waals surface area contributed by atoms with Gasteiger partial charge in [0.2, 0.25) is 0 Å². The van der Waals surface area contributed by atoms with E-state index in [1.807, 2.05) is 14.0 Å². The van der Waals surface area contributed by atoms with E-state index < -0.39 is 0 Å². The highest BCUT2D eigenvalue weighted by atomic mass is 16.6. The number of nitrogens with zero attached hydrogens (tertiary/aromatic N) is 4. The van der Waals surface area contributed by atoms with Gasteiger partial charge in [0.25, 0.3) is 0 Å². The molecule has 7 heteroatoms. The van der Waals surface area contributed by atoms with Crippen molar-refractivity contribution in [2.24, 2.45) is 4.99 Å². The van der Waals surface area contributed by atoms with E-state index in [9.17, 15) is 4.79 Å². The van der Waals surface area contributed by atoms with Crippen molar-refractivity contribution >= 4 is 12.1 Å². The van der Waals surface area contributed by atoms with Crippen LogP contribution in [-0.2, 0) is 17.7 Å². The summed E-state index contributed by atoms with van der Waals surface area (Å²) in [5.74, 6) is 0.913. The third-order valence-corrected chi connectivity index (χ3v) is 5.24. The Morgan fingerprint density at radius 3 is 2.52 bits per heavy atom. The van der Waals surface area contributed by atoms with Crippen LogP contribution in [-0.4, -0.2) is 86.2 Å². The fraction of sp³-hybridized carbons (Fsp3) is 0.600. The molecule has 2 aliphatic rings. The zero-order valence-corrected chi connectivity index (χ0v) is 16.5. The van der Waals surface area contributed by atoms with Gasteiger partial charge in [0, 0.05) is 59.4 Å². The molecular weight excluding hydrogens is 342 g/mol. The highest BCUT2D eigenvalue weighted by molar-refractivity contribution is 5.80. The van der Waals surface area contributed by atoms with E-state index in [0.717, 1.165) is 51.6 Å². The van der Waals surface area contributed by atoms with E-state index in [-0.39, 0.29) is 6.09 Å². The van der Waals surface area contributed by atoms with Crippen LogP contribution in [0.3, 0.4) is 0 Å². The number of fused-ring (bicyclic) bond motifs is 1. The van der Waals surface area contributed by atoms with Gasteiger partial charge in [-0.05, 0) is 24.5 Å². The zero-order valence-electron chi connectivity index (χ0n) is 16.5. The molecule has 148 valence electrons. The van der Waals surface area contributed by atoms with E-state index in [0.29, 0.717) is 19.7 Å². The number of carbonyl (C=O) groups excluding carboxylic acids is 1.